The molecular weight excluding hydrogens is 322 g/mol. The minimum absolute atomic E-state index is 0.0626. The fourth-order valence-electron chi connectivity index (χ4n) is 3.60. The van der Waals surface area contributed by atoms with Crippen molar-refractivity contribution in [3.63, 3.8) is 0 Å². The Morgan fingerprint density at radius 2 is 1.38 bits per heavy atom. The number of hydrogen-bond donors (Lipinski definition) is 1. The van der Waals surface area contributed by atoms with E-state index in [1.807, 2.05) is 6.07 Å². The first-order valence-electron chi connectivity index (χ1n) is 10.6. The zero-order chi connectivity index (χ0) is 19.4. The van der Waals surface area contributed by atoms with Crippen molar-refractivity contribution in [3.05, 3.63) is 35.9 Å². The van der Waals surface area contributed by atoms with Crippen molar-refractivity contribution in [2.75, 3.05) is 6.54 Å². The topological polar surface area (TPSA) is 44.5 Å². The van der Waals surface area contributed by atoms with Gasteiger partial charge in [0, 0.05) is 18.0 Å². The van der Waals surface area contributed by atoms with E-state index in [1.54, 1.807) is 0 Å². The van der Waals surface area contributed by atoms with Gasteiger partial charge in [0.25, 0.3) is 0 Å². The highest BCUT2D eigenvalue weighted by molar-refractivity contribution is 5.22. The van der Waals surface area contributed by atoms with E-state index in [0.29, 0.717) is 6.54 Å². The van der Waals surface area contributed by atoms with E-state index in [1.165, 1.54) is 38.5 Å². The van der Waals surface area contributed by atoms with Crippen LogP contribution < -0.4 is 5.73 Å². The van der Waals surface area contributed by atoms with Crippen LogP contribution in [-0.4, -0.2) is 18.8 Å². The predicted molar refractivity (Wildman–Crippen MR) is 111 cm³/mol. The van der Waals surface area contributed by atoms with Crippen LogP contribution in [-0.2, 0) is 15.3 Å². The molecule has 0 aliphatic heterocycles. The summed E-state index contributed by atoms with van der Waals surface area (Å²) in [5.41, 5.74) is 7.32. The van der Waals surface area contributed by atoms with Crippen LogP contribution in [0.5, 0.6) is 0 Å². The lowest BCUT2D eigenvalue weighted by Gasteiger charge is -2.43. The highest BCUT2D eigenvalue weighted by atomic mass is 16.7. The second-order valence-electron chi connectivity index (χ2n) is 7.86. The summed E-state index contributed by atoms with van der Waals surface area (Å²) in [4.78, 5) is 0. The van der Waals surface area contributed by atoms with Crippen LogP contribution in [0.1, 0.15) is 85.1 Å². The predicted octanol–water partition coefficient (Wildman–Crippen LogP) is 6.01. The Balaban J connectivity index is 2.98. The molecule has 1 aromatic rings. The second-order valence-corrected chi connectivity index (χ2v) is 7.86. The van der Waals surface area contributed by atoms with Gasteiger partial charge in [0.2, 0.25) is 0 Å². The summed E-state index contributed by atoms with van der Waals surface area (Å²) < 4.78 is 13.0. The molecule has 0 heterocycles. The molecule has 0 spiro atoms. The molecule has 26 heavy (non-hydrogen) atoms. The van der Waals surface area contributed by atoms with Gasteiger partial charge in [0.15, 0.2) is 5.79 Å². The molecule has 3 nitrogen and oxygen atoms in total. The molecule has 0 saturated heterocycles. The molecule has 0 aliphatic rings. The Hall–Kier alpha value is -0.900. The van der Waals surface area contributed by atoms with E-state index in [2.05, 4.69) is 58.9 Å². The smallest absolute Gasteiger partial charge is 0.199 e. The maximum absolute atomic E-state index is 6.48. The lowest BCUT2D eigenvalue weighted by atomic mass is 9.86. The summed E-state index contributed by atoms with van der Waals surface area (Å²) in [6.07, 6.45) is 8.83. The summed E-state index contributed by atoms with van der Waals surface area (Å²) >= 11 is 0. The third kappa shape index (κ3) is 7.38. The molecule has 150 valence electrons. The molecule has 0 amide bonds. The molecule has 0 fully saturated rings. The number of rotatable bonds is 14. The zero-order valence-electron chi connectivity index (χ0n) is 17.7. The fourth-order valence-corrected chi connectivity index (χ4v) is 3.60. The van der Waals surface area contributed by atoms with Gasteiger partial charge in [0.1, 0.15) is 0 Å². The summed E-state index contributed by atoms with van der Waals surface area (Å²) in [6.45, 7) is 11.1. The molecule has 0 radical (unpaired) electrons. The number of unbranched alkanes of at least 4 members (excludes halogenated alkanes) is 5. The van der Waals surface area contributed by atoms with Gasteiger partial charge in [-0.05, 0) is 34.1 Å². The molecule has 1 atom stereocenters. The van der Waals surface area contributed by atoms with Crippen molar-refractivity contribution in [1.82, 2.24) is 0 Å². The lowest BCUT2D eigenvalue weighted by molar-refractivity contribution is -0.306. The number of hydrogen-bond acceptors (Lipinski definition) is 3. The first kappa shape index (κ1) is 23.1. The SMILES string of the molecule is CCCCCCCCC(CN)C(OC(C)C)(OC(C)C)c1ccccc1. The van der Waals surface area contributed by atoms with Crippen molar-refractivity contribution in [2.24, 2.45) is 11.7 Å². The molecule has 0 aliphatic carbocycles. The van der Waals surface area contributed by atoms with Crippen LogP contribution in [0.4, 0.5) is 0 Å². The van der Waals surface area contributed by atoms with E-state index in [0.717, 1.165) is 12.0 Å². The van der Waals surface area contributed by atoms with Crippen LogP contribution in [0.2, 0.25) is 0 Å². The molecule has 1 unspecified atom stereocenters. The minimum atomic E-state index is -0.776. The zero-order valence-corrected chi connectivity index (χ0v) is 17.7. The highest BCUT2D eigenvalue weighted by Crippen LogP contribution is 2.40. The Morgan fingerprint density at radius 3 is 1.88 bits per heavy atom. The lowest BCUT2D eigenvalue weighted by Crippen LogP contribution is -2.47. The van der Waals surface area contributed by atoms with Crippen molar-refractivity contribution in [1.29, 1.82) is 0 Å². The van der Waals surface area contributed by atoms with E-state index in [9.17, 15) is 0 Å². The van der Waals surface area contributed by atoms with Gasteiger partial charge in [-0.15, -0.1) is 0 Å². The van der Waals surface area contributed by atoms with Gasteiger partial charge >= 0.3 is 0 Å². The summed E-state index contributed by atoms with van der Waals surface area (Å²) in [5.74, 6) is -0.636. The van der Waals surface area contributed by atoms with Gasteiger partial charge in [-0.2, -0.15) is 0 Å². The second kappa shape index (κ2) is 12.5. The molecule has 1 rings (SSSR count). The van der Waals surface area contributed by atoms with E-state index in [-0.39, 0.29) is 18.1 Å². The standard InChI is InChI=1S/C23H41NO2/c1-6-7-8-9-10-12-17-22(18-24)23(25-19(2)3,26-20(4)5)21-15-13-11-14-16-21/h11,13-16,19-20,22H,6-10,12,17-18,24H2,1-5H3. The third-order valence-electron chi connectivity index (χ3n) is 4.73. The molecular formula is C23H41NO2. The normalized spacial score (nSPS) is 13.5. The Morgan fingerprint density at radius 1 is 0.846 bits per heavy atom. The third-order valence-corrected chi connectivity index (χ3v) is 4.73. The van der Waals surface area contributed by atoms with Crippen LogP contribution >= 0.6 is 0 Å². The number of nitrogens with two attached hydrogens (primary N) is 1. The highest BCUT2D eigenvalue weighted by Gasteiger charge is 2.43. The van der Waals surface area contributed by atoms with Crippen molar-refractivity contribution < 1.29 is 9.47 Å². The van der Waals surface area contributed by atoms with Gasteiger partial charge in [-0.1, -0.05) is 75.8 Å². The molecule has 0 bridgehead atoms. The monoisotopic (exact) mass is 363 g/mol. The average Bonchev–Trinajstić information content (AvgIpc) is 2.60. The van der Waals surface area contributed by atoms with Crippen molar-refractivity contribution in [3.8, 4) is 0 Å². The van der Waals surface area contributed by atoms with Crippen LogP contribution in [0.15, 0.2) is 30.3 Å². The van der Waals surface area contributed by atoms with E-state index >= 15 is 0 Å². The molecule has 0 aromatic heterocycles. The Kier molecular flexibility index (Phi) is 11.1. The van der Waals surface area contributed by atoms with E-state index in [4.69, 9.17) is 15.2 Å². The minimum Gasteiger partial charge on any atom is -0.343 e. The van der Waals surface area contributed by atoms with Gasteiger partial charge in [-0.3, -0.25) is 0 Å². The van der Waals surface area contributed by atoms with E-state index < -0.39 is 5.79 Å². The van der Waals surface area contributed by atoms with Gasteiger partial charge < -0.3 is 15.2 Å². The number of ether oxygens (including phenoxy) is 2. The first-order valence-corrected chi connectivity index (χ1v) is 10.6. The fraction of sp³-hybridized carbons (Fsp3) is 0.739. The van der Waals surface area contributed by atoms with Crippen LogP contribution in [0, 0.1) is 5.92 Å². The maximum atomic E-state index is 6.48. The molecule has 0 saturated carbocycles. The summed E-state index contributed by atoms with van der Waals surface area (Å²) in [7, 11) is 0. The van der Waals surface area contributed by atoms with Crippen LogP contribution in [0.3, 0.4) is 0 Å². The summed E-state index contributed by atoms with van der Waals surface area (Å²) in [5, 5.41) is 0. The van der Waals surface area contributed by atoms with Crippen molar-refractivity contribution in [2.45, 2.75) is 97.6 Å². The van der Waals surface area contributed by atoms with Crippen molar-refractivity contribution >= 4 is 0 Å². The average molecular weight is 364 g/mol. The van der Waals surface area contributed by atoms with Crippen LogP contribution in [0.25, 0.3) is 0 Å². The molecule has 2 N–H and O–H groups in total. The maximum Gasteiger partial charge on any atom is 0.199 e. The Bertz CT molecular complexity index is 449. The number of benzene rings is 1. The quantitative estimate of drug-likeness (QED) is 0.325. The Labute approximate surface area is 161 Å². The summed E-state index contributed by atoms with van der Waals surface area (Å²) in [6, 6.07) is 10.3. The van der Waals surface area contributed by atoms with Gasteiger partial charge in [-0.25, -0.2) is 0 Å². The largest absolute Gasteiger partial charge is 0.343 e. The first-order chi connectivity index (χ1) is 12.5. The molecule has 3 heteroatoms. The molecule has 1 aromatic carbocycles. The van der Waals surface area contributed by atoms with Gasteiger partial charge in [0.05, 0.1) is 12.2 Å².